The molecule has 0 aromatic heterocycles. The Balaban J connectivity index is 2.84. The van der Waals surface area contributed by atoms with Gasteiger partial charge in [-0.15, -0.1) is 0 Å². The molecule has 0 saturated carbocycles. The zero-order chi connectivity index (χ0) is 17.8. The van der Waals surface area contributed by atoms with E-state index in [1.165, 1.54) is 12.1 Å². The first kappa shape index (κ1) is 19.6. The Morgan fingerprint density at radius 3 is 2.52 bits per heavy atom. The van der Waals surface area contributed by atoms with Crippen LogP contribution in [-0.2, 0) is 15.8 Å². The Labute approximate surface area is 137 Å². The van der Waals surface area contributed by atoms with E-state index in [4.69, 9.17) is 5.26 Å². The van der Waals surface area contributed by atoms with E-state index in [2.05, 4.69) is 4.72 Å². The third-order valence-electron chi connectivity index (χ3n) is 3.70. The summed E-state index contributed by atoms with van der Waals surface area (Å²) in [6, 6.07) is 5.45. The first-order valence-electron chi connectivity index (χ1n) is 7.32. The second-order valence-electron chi connectivity index (χ2n) is 6.68. The maximum absolute atomic E-state index is 13.7. The van der Waals surface area contributed by atoms with Gasteiger partial charge in [0, 0.05) is 17.5 Å². The van der Waals surface area contributed by atoms with Crippen molar-refractivity contribution in [2.75, 3.05) is 6.54 Å². The topological polar surface area (TPSA) is 90.2 Å². The molecule has 0 radical (unpaired) electrons. The van der Waals surface area contributed by atoms with Crippen molar-refractivity contribution < 1.29 is 17.9 Å². The Morgan fingerprint density at radius 1 is 1.39 bits per heavy atom. The summed E-state index contributed by atoms with van der Waals surface area (Å²) >= 11 is 0. The zero-order valence-electron chi connectivity index (χ0n) is 13.8. The second kappa shape index (κ2) is 7.39. The zero-order valence-corrected chi connectivity index (χ0v) is 14.6. The molecule has 2 N–H and O–H groups in total. The molecule has 1 aromatic carbocycles. The van der Waals surface area contributed by atoms with Crippen molar-refractivity contribution in [1.29, 1.82) is 5.26 Å². The van der Waals surface area contributed by atoms with Gasteiger partial charge in [0.2, 0.25) is 10.0 Å². The van der Waals surface area contributed by atoms with Crippen LogP contribution in [0, 0.1) is 28.5 Å². The van der Waals surface area contributed by atoms with Gasteiger partial charge in [0.05, 0.1) is 23.5 Å². The van der Waals surface area contributed by atoms with Gasteiger partial charge in [0.25, 0.3) is 0 Å². The van der Waals surface area contributed by atoms with Gasteiger partial charge >= 0.3 is 0 Å². The lowest BCUT2D eigenvalue weighted by Gasteiger charge is -2.33. The molecule has 0 bridgehead atoms. The number of aliphatic hydroxyl groups is 1. The Kier molecular flexibility index (Phi) is 6.28. The van der Waals surface area contributed by atoms with Gasteiger partial charge in [-0.2, -0.15) is 5.26 Å². The second-order valence-corrected chi connectivity index (χ2v) is 8.48. The molecule has 0 aliphatic rings. The lowest BCUT2D eigenvalue weighted by molar-refractivity contribution is 0.0166. The molecule has 1 atom stereocenters. The minimum absolute atomic E-state index is 0.0146. The Morgan fingerprint density at radius 2 is 2.00 bits per heavy atom. The number of hydrogen-bond donors (Lipinski definition) is 2. The molecule has 0 aliphatic carbocycles. The van der Waals surface area contributed by atoms with E-state index in [1.54, 1.807) is 13.8 Å². The highest BCUT2D eigenvalue weighted by Crippen LogP contribution is 2.25. The van der Waals surface area contributed by atoms with E-state index in [9.17, 15) is 17.9 Å². The molecule has 1 unspecified atom stereocenters. The molecular formula is C16H23FN2O3S. The fourth-order valence-electron chi connectivity index (χ4n) is 2.31. The van der Waals surface area contributed by atoms with E-state index >= 15 is 0 Å². The fraction of sp³-hybridized carbons (Fsp3) is 0.562. The van der Waals surface area contributed by atoms with Gasteiger partial charge in [-0.25, -0.2) is 17.5 Å². The monoisotopic (exact) mass is 342 g/mol. The summed E-state index contributed by atoms with van der Waals surface area (Å²) in [4.78, 5) is 0. The first-order valence-corrected chi connectivity index (χ1v) is 8.97. The molecule has 7 heteroatoms. The quantitative estimate of drug-likeness (QED) is 0.794. The van der Waals surface area contributed by atoms with E-state index in [-0.39, 0.29) is 23.6 Å². The lowest BCUT2D eigenvalue weighted by atomic mass is 9.81. The molecule has 128 valence electrons. The average Bonchev–Trinajstić information content (AvgIpc) is 2.46. The highest BCUT2D eigenvalue weighted by Gasteiger charge is 2.31. The number of rotatable bonds is 7. The fourth-order valence-corrected chi connectivity index (χ4v) is 3.64. The van der Waals surface area contributed by atoms with Crippen LogP contribution in [-0.4, -0.2) is 26.2 Å². The maximum Gasteiger partial charge on any atom is 0.215 e. The maximum atomic E-state index is 13.7. The van der Waals surface area contributed by atoms with Crippen molar-refractivity contribution in [3.63, 3.8) is 0 Å². The van der Waals surface area contributed by atoms with Crippen LogP contribution in [0.1, 0.15) is 38.8 Å². The normalized spacial score (nSPS) is 13.8. The summed E-state index contributed by atoms with van der Waals surface area (Å²) in [5, 5.41) is 18.9. The number of nitrogens with zero attached hydrogens (tertiary/aromatic N) is 1. The molecular weight excluding hydrogens is 319 g/mol. The van der Waals surface area contributed by atoms with Gasteiger partial charge in [-0.05, 0) is 24.1 Å². The van der Waals surface area contributed by atoms with Crippen LogP contribution >= 0.6 is 0 Å². The molecule has 1 aromatic rings. The number of nitriles is 1. The number of hydrogen-bond acceptors (Lipinski definition) is 4. The van der Waals surface area contributed by atoms with E-state index in [0.29, 0.717) is 0 Å². The molecule has 23 heavy (non-hydrogen) atoms. The average molecular weight is 342 g/mol. The Bertz CT molecular complexity index is 694. The van der Waals surface area contributed by atoms with Crippen LogP contribution in [0.2, 0.25) is 0 Å². The summed E-state index contributed by atoms with van der Waals surface area (Å²) < 4.78 is 40.4. The largest absolute Gasteiger partial charge is 0.392 e. The molecule has 0 spiro atoms. The summed E-state index contributed by atoms with van der Waals surface area (Å²) in [6.45, 7) is 7.26. The van der Waals surface area contributed by atoms with Crippen LogP contribution in [0.3, 0.4) is 0 Å². The number of benzene rings is 1. The summed E-state index contributed by atoms with van der Waals surface area (Å²) in [5.41, 5.74) is -0.514. The smallest absolute Gasteiger partial charge is 0.215 e. The predicted octanol–water partition coefficient (Wildman–Crippen LogP) is 2.16. The number of nitrogens with one attached hydrogen (secondary N) is 1. The third-order valence-corrected chi connectivity index (χ3v) is 4.98. The summed E-state index contributed by atoms with van der Waals surface area (Å²) in [6.07, 6.45) is -0.677. The summed E-state index contributed by atoms with van der Waals surface area (Å²) in [5.74, 6) is -1.24. The van der Waals surface area contributed by atoms with Crippen molar-refractivity contribution in [3.05, 3.63) is 35.1 Å². The number of sulfonamides is 1. The molecule has 0 heterocycles. The highest BCUT2D eigenvalue weighted by atomic mass is 32.2. The van der Waals surface area contributed by atoms with Gasteiger partial charge in [-0.3, -0.25) is 0 Å². The van der Waals surface area contributed by atoms with E-state index < -0.39 is 33.1 Å². The standard InChI is InChI=1S/C16H23FN2O3S/c1-11(2)15(20)16(3,4)10-19-23(21,22)9-13-7-12(8-18)5-6-14(13)17/h5-7,11,15,19-20H,9-10H2,1-4H3. The van der Waals surface area contributed by atoms with Crippen molar-refractivity contribution in [3.8, 4) is 6.07 Å². The molecule has 1 rings (SSSR count). The first-order chi connectivity index (χ1) is 10.5. The predicted molar refractivity (Wildman–Crippen MR) is 86.4 cm³/mol. The molecule has 5 nitrogen and oxygen atoms in total. The van der Waals surface area contributed by atoms with Crippen molar-refractivity contribution in [1.82, 2.24) is 4.72 Å². The number of aliphatic hydroxyl groups excluding tert-OH is 1. The lowest BCUT2D eigenvalue weighted by Crippen LogP contribution is -2.43. The van der Waals surface area contributed by atoms with Crippen LogP contribution < -0.4 is 4.72 Å². The number of halogens is 1. The SMILES string of the molecule is CC(C)C(O)C(C)(C)CNS(=O)(=O)Cc1cc(C#N)ccc1F. The van der Waals surface area contributed by atoms with E-state index in [0.717, 1.165) is 6.07 Å². The molecule has 0 amide bonds. The minimum Gasteiger partial charge on any atom is -0.392 e. The molecule has 0 aliphatic heterocycles. The van der Waals surface area contributed by atoms with Gasteiger partial charge in [-0.1, -0.05) is 27.7 Å². The van der Waals surface area contributed by atoms with Crippen LogP contribution in [0.5, 0.6) is 0 Å². The van der Waals surface area contributed by atoms with Crippen LogP contribution in [0.4, 0.5) is 4.39 Å². The minimum atomic E-state index is -3.79. The van der Waals surface area contributed by atoms with Gasteiger partial charge < -0.3 is 5.11 Å². The van der Waals surface area contributed by atoms with E-state index in [1.807, 2.05) is 19.9 Å². The molecule has 0 fully saturated rings. The van der Waals surface area contributed by atoms with Crippen LogP contribution in [0.15, 0.2) is 18.2 Å². The van der Waals surface area contributed by atoms with Gasteiger partial charge in [0.1, 0.15) is 5.82 Å². The van der Waals surface area contributed by atoms with Crippen molar-refractivity contribution >= 4 is 10.0 Å². The summed E-state index contributed by atoms with van der Waals surface area (Å²) in [7, 11) is -3.79. The van der Waals surface area contributed by atoms with Crippen LogP contribution in [0.25, 0.3) is 0 Å². The highest BCUT2D eigenvalue weighted by molar-refractivity contribution is 7.88. The van der Waals surface area contributed by atoms with Gasteiger partial charge in [0.15, 0.2) is 0 Å². The van der Waals surface area contributed by atoms with Crippen molar-refractivity contribution in [2.24, 2.45) is 11.3 Å². The third kappa shape index (κ3) is 5.57. The van der Waals surface area contributed by atoms with Crippen molar-refractivity contribution in [2.45, 2.75) is 39.6 Å². The Hall–Kier alpha value is -1.49. The molecule has 0 saturated heterocycles.